The lowest BCUT2D eigenvalue weighted by molar-refractivity contribution is -0.143. The van der Waals surface area contributed by atoms with E-state index >= 15 is 0 Å². The Kier molecular flexibility index (Phi) is 11.6. The third-order valence-corrected chi connectivity index (χ3v) is 5.96. The number of carboxylic acids is 1. The SMILES string of the molecule is CCC(C)C(NC(=O)C(C)NC(=O)C(NC(=O)C(N)Cc1ccccc1)C(C)CC)C(=O)O. The van der Waals surface area contributed by atoms with Crippen molar-refractivity contribution in [2.75, 3.05) is 0 Å². The van der Waals surface area contributed by atoms with Crippen LogP contribution in [-0.4, -0.2) is 53.0 Å². The molecule has 1 aromatic rings. The van der Waals surface area contributed by atoms with Gasteiger partial charge >= 0.3 is 5.97 Å². The van der Waals surface area contributed by atoms with Crippen molar-refractivity contribution in [2.45, 2.75) is 78.0 Å². The second-order valence-corrected chi connectivity index (χ2v) is 8.61. The lowest BCUT2D eigenvalue weighted by atomic mass is 9.96. The average Bonchev–Trinajstić information content (AvgIpc) is 2.79. The molecule has 6 unspecified atom stereocenters. The van der Waals surface area contributed by atoms with E-state index in [4.69, 9.17) is 5.73 Å². The van der Waals surface area contributed by atoms with Gasteiger partial charge in [0.2, 0.25) is 17.7 Å². The first-order valence-corrected chi connectivity index (χ1v) is 11.4. The molecule has 0 saturated heterocycles. The standard InChI is InChI=1S/C24H38N4O5/c1-6-14(3)19(27-22(30)18(25)13-17-11-9-8-10-12-17)23(31)26-16(5)21(29)28-20(24(32)33)15(4)7-2/h8-12,14-16,18-20H,6-7,13,25H2,1-5H3,(H,26,31)(H,27,30)(H,28,29)(H,32,33). The van der Waals surface area contributed by atoms with Gasteiger partial charge < -0.3 is 26.8 Å². The van der Waals surface area contributed by atoms with Crippen LogP contribution in [0.2, 0.25) is 0 Å². The predicted octanol–water partition coefficient (Wildman–Crippen LogP) is 1.21. The van der Waals surface area contributed by atoms with Crippen molar-refractivity contribution in [1.29, 1.82) is 0 Å². The first-order chi connectivity index (χ1) is 15.5. The quantitative estimate of drug-likeness (QED) is 0.297. The molecule has 0 aliphatic heterocycles. The van der Waals surface area contributed by atoms with Crippen LogP contribution in [0.25, 0.3) is 0 Å². The molecule has 6 N–H and O–H groups in total. The van der Waals surface area contributed by atoms with E-state index < -0.39 is 47.9 Å². The molecular weight excluding hydrogens is 424 g/mol. The highest BCUT2D eigenvalue weighted by atomic mass is 16.4. The van der Waals surface area contributed by atoms with Crippen molar-refractivity contribution >= 4 is 23.7 Å². The monoisotopic (exact) mass is 462 g/mol. The zero-order valence-electron chi connectivity index (χ0n) is 20.1. The first kappa shape index (κ1) is 28.1. The van der Waals surface area contributed by atoms with Crippen LogP contribution in [0.15, 0.2) is 30.3 Å². The van der Waals surface area contributed by atoms with Crippen molar-refractivity contribution in [3.05, 3.63) is 35.9 Å². The van der Waals surface area contributed by atoms with Gasteiger partial charge in [0, 0.05) is 0 Å². The van der Waals surface area contributed by atoms with Crippen molar-refractivity contribution in [3.8, 4) is 0 Å². The molecule has 0 spiro atoms. The number of benzene rings is 1. The minimum absolute atomic E-state index is 0.208. The first-order valence-electron chi connectivity index (χ1n) is 11.4. The molecule has 3 amide bonds. The van der Waals surface area contributed by atoms with Crippen LogP contribution in [0.1, 0.15) is 53.0 Å². The fourth-order valence-electron chi connectivity index (χ4n) is 3.25. The third kappa shape index (κ3) is 8.84. The lowest BCUT2D eigenvalue weighted by Gasteiger charge is -2.27. The fraction of sp³-hybridized carbons (Fsp3) is 0.583. The van der Waals surface area contributed by atoms with E-state index in [1.807, 2.05) is 51.1 Å². The maximum Gasteiger partial charge on any atom is 0.326 e. The molecule has 9 heteroatoms. The summed E-state index contributed by atoms with van der Waals surface area (Å²) in [5.74, 6) is -3.20. The van der Waals surface area contributed by atoms with Crippen LogP contribution in [0.5, 0.6) is 0 Å². The minimum Gasteiger partial charge on any atom is -0.480 e. The molecule has 0 radical (unpaired) electrons. The summed E-state index contributed by atoms with van der Waals surface area (Å²) in [7, 11) is 0. The van der Waals surface area contributed by atoms with Gasteiger partial charge in [0.15, 0.2) is 0 Å². The molecule has 0 aromatic heterocycles. The van der Waals surface area contributed by atoms with E-state index in [1.165, 1.54) is 6.92 Å². The number of nitrogens with two attached hydrogens (primary N) is 1. The highest BCUT2D eigenvalue weighted by molar-refractivity contribution is 5.94. The van der Waals surface area contributed by atoms with Crippen molar-refractivity contribution in [3.63, 3.8) is 0 Å². The largest absolute Gasteiger partial charge is 0.480 e. The Hall–Kier alpha value is -2.94. The van der Waals surface area contributed by atoms with Gasteiger partial charge in [-0.05, 0) is 30.7 Å². The van der Waals surface area contributed by atoms with E-state index in [-0.39, 0.29) is 11.8 Å². The van der Waals surface area contributed by atoms with E-state index in [0.29, 0.717) is 19.3 Å². The van der Waals surface area contributed by atoms with E-state index in [2.05, 4.69) is 16.0 Å². The molecule has 0 fully saturated rings. The molecule has 6 atom stereocenters. The number of nitrogens with one attached hydrogen (secondary N) is 3. The Morgan fingerprint density at radius 2 is 1.33 bits per heavy atom. The fourth-order valence-corrected chi connectivity index (χ4v) is 3.25. The highest BCUT2D eigenvalue weighted by Crippen LogP contribution is 2.11. The number of hydrogen-bond donors (Lipinski definition) is 5. The summed E-state index contributed by atoms with van der Waals surface area (Å²) in [5.41, 5.74) is 6.96. The van der Waals surface area contributed by atoms with Crippen LogP contribution in [0.4, 0.5) is 0 Å². The summed E-state index contributed by atoms with van der Waals surface area (Å²) in [6.07, 6.45) is 1.51. The smallest absolute Gasteiger partial charge is 0.326 e. The van der Waals surface area contributed by atoms with Gasteiger partial charge in [0.1, 0.15) is 18.1 Å². The molecular formula is C24H38N4O5. The number of carbonyl (C=O) groups excluding carboxylic acids is 3. The second kappa shape index (κ2) is 13.6. The molecule has 1 rings (SSSR count). The van der Waals surface area contributed by atoms with Crippen LogP contribution < -0.4 is 21.7 Å². The van der Waals surface area contributed by atoms with Gasteiger partial charge in [-0.2, -0.15) is 0 Å². The zero-order chi connectivity index (χ0) is 25.1. The van der Waals surface area contributed by atoms with Crippen LogP contribution in [0.3, 0.4) is 0 Å². The third-order valence-electron chi connectivity index (χ3n) is 5.96. The minimum atomic E-state index is -1.13. The molecule has 0 heterocycles. The Labute approximate surface area is 195 Å². The van der Waals surface area contributed by atoms with Gasteiger partial charge in [-0.25, -0.2) is 4.79 Å². The number of hydrogen-bond acceptors (Lipinski definition) is 5. The highest BCUT2D eigenvalue weighted by Gasteiger charge is 2.31. The van der Waals surface area contributed by atoms with Crippen LogP contribution in [0, 0.1) is 11.8 Å². The molecule has 0 aliphatic carbocycles. The van der Waals surface area contributed by atoms with E-state index in [9.17, 15) is 24.3 Å². The Morgan fingerprint density at radius 1 is 0.818 bits per heavy atom. The van der Waals surface area contributed by atoms with Gasteiger partial charge in [0.05, 0.1) is 6.04 Å². The summed E-state index contributed by atoms with van der Waals surface area (Å²) < 4.78 is 0. The summed E-state index contributed by atoms with van der Waals surface area (Å²) in [6.45, 7) is 8.75. The van der Waals surface area contributed by atoms with Crippen molar-refractivity contribution in [1.82, 2.24) is 16.0 Å². The van der Waals surface area contributed by atoms with E-state index in [0.717, 1.165) is 5.56 Å². The maximum atomic E-state index is 12.9. The summed E-state index contributed by atoms with van der Waals surface area (Å²) in [5, 5.41) is 17.2. The van der Waals surface area contributed by atoms with Crippen LogP contribution in [-0.2, 0) is 25.6 Å². The van der Waals surface area contributed by atoms with Gasteiger partial charge in [-0.1, -0.05) is 70.9 Å². The molecule has 1 aromatic carbocycles. The molecule has 184 valence electrons. The summed E-state index contributed by atoms with van der Waals surface area (Å²) in [4.78, 5) is 49.6. The number of aliphatic carboxylic acids is 1. The average molecular weight is 463 g/mol. The Balaban J connectivity index is 2.80. The molecule has 9 nitrogen and oxygen atoms in total. The molecule has 0 saturated carbocycles. The molecule has 0 bridgehead atoms. The van der Waals surface area contributed by atoms with Crippen LogP contribution >= 0.6 is 0 Å². The second-order valence-electron chi connectivity index (χ2n) is 8.61. The lowest BCUT2D eigenvalue weighted by Crippen LogP contribution is -2.58. The number of amides is 3. The Morgan fingerprint density at radius 3 is 1.85 bits per heavy atom. The van der Waals surface area contributed by atoms with Crippen molar-refractivity contribution < 1.29 is 24.3 Å². The number of carbonyl (C=O) groups is 4. The Bertz CT molecular complexity index is 801. The van der Waals surface area contributed by atoms with Gasteiger partial charge in [-0.3, -0.25) is 14.4 Å². The predicted molar refractivity (Wildman–Crippen MR) is 126 cm³/mol. The normalized spacial score (nSPS) is 16.4. The van der Waals surface area contributed by atoms with Gasteiger partial charge in [-0.15, -0.1) is 0 Å². The number of carboxylic acid groups (broad SMARTS) is 1. The summed E-state index contributed by atoms with van der Waals surface area (Å²) in [6, 6.07) is 5.58. The molecule has 33 heavy (non-hydrogen) atoms. The zero-order valence-corrected chi connectivity index (χ0v) is 20.1. The maximum absolute atomic E-state index is 12.9. The molecule has 0 aliphatic rings. The van der Waals surface area contributed by atoms with E-state index in [1.54, 1.807) is 6.92 Å². The summed E-state index contributed by atoms with van der Waals surface area (Å²) >= 11 is 0. The van der Waals surface area contributed by atoms with Gasteiger partial charge in [0.25, 0.3) is 0 Å². The number of rotatable bonds is 13. The topological polar surface area (TPSA) is 151 Å². The van der Waals surface area contributed by atoms with Crippen molar-refractivity contribution in [2.24, 2.45) is 17.6 Å².